The summed E-state index contributed by atoms with van der Waals surface area (Å²) in [7, 11) is 0. The Kier molecular flexibility index (Phi) is 17.5. The van der Waals surface area contributed by atoms with Crippen molar-refractivity contribution in [2.24, 2.45) is 0 Å². The third-order valence-corrected chi connectivity index (χ3v) is 7.75. The van der Waals surface area contributed by atoms with Gasteiger partial charge in [-0.25, -0.2) is 0 Å². The van der Waals surface area contributed by atoms with Crippen LogP contribution >= 0.6 is 0 Å². The summed E-state index contributed by atoms with van der Waals surface area (Å²) in [5, 5.41) is 17.4. The van der Waals surface area contributed by atoms with Gasteiger partial charge in [0.1, 0.15) is 0 Å². The Bertz CT molecular complexity index is 181. The van der Waals surface area contributed by atoms with E-state index in [9.17, 15) is 0 Å². The maximum Gasteiger partial charge on any atom is 0.0558 e. The molecule has 0 aliphatic carbocycles. The van der Waals surface area contributed by atoms with Crippen molar-refractivity contribution in [3.63, 3.8) is 0 Å². The van der Waals surface area contributed by atoms with Crippen molar-refractivity contribution in [1.29, 1.82) is 0 Å². The van der Waals surface area contributed by atoms with Crippen LogP contribution in [0.25, 0.3) is 0 Å². The van der Waals surface area contributed by atoms with Crippen LogP contribution in [0.2, 0.25) is 8.87 Å². The van der Waals surface area contributed by atoms with Gasteiger partial charge < -0.3 is 10.2 Å². The van der Waals surface area contributed by atoms with Crippen molar-refractivity contribution in [2.75, 3.05) is 52.5 Å². The topological polar surface area (TPSA) is 46.9 Å². The molecule has 5 heteroatoms. The Balaban J connectivity index is 0.000000400. The number of aliphatic hydroxyl groups excluding tert-OH is 2. The van der Waals surface area contributed by atoms with E-state index in [-0.39, 0.29) is 34.4 Å². The minimum atomic E-state index is 0.149. The van der Waals surface area contributed by atoms with Gasteiger partial charge in [-0.3, -0.25) is 9.80 Å². The zero-order valence-corrected chi connectivity index (χ0v) is 17.0. The van der Waals surface area contributed by atoms with Crippen LogP contribution < -0.4 is 0 Å². The Labute approximate surface area is 142 Å². The zero-order chi connectivity index (χ0) is 15.8. The van der Waals surface area contributed by atoms with Gasteiger partial charge in [0.05, 0.1) is 13.2 Å². The third kappa shape index (κ3) is 14.0. The second-order valence-corrected chi connectivity index (χ2v) is 9.87. The van der Waals surface area contributed by atoms with Crippen molar-refractivity contribution in [3.05, 3.63) is 0 Å². The van der Waals surface area contributed by atoms with Crippen LogP contribution in [0.4, 0.5) is 0 Å². The standard InChI is InChI=1S/C8H18N2O2.2C4H9.Sn/c11-7-5-9-1-2-10(4-3-9)6-8-12;2*1-3-4-2;/h11-12H,1-8H2;2*1,3-4H2,2H3;. The largest absolute Gasteiger partial charge is 0.395 e. The molecule has 2 N–H and O–H groups in total. The summed E-state index contributed by atoms with van der Waals surface area (Å²) in [6.07, 6.45) is 5.84. The molecule has 0 aromatic heterocycles. The molecule has 0 aromatic carbocycles. The maximum absolute atomic E-state index is 8.69. The summed E-state index contributed by atoms with van der Waals surface area (Å²) < 4.78 is 3.25. The molecule has 0 saturated carbocycles. The van der Waals surface area contributed by atoms with E-state index in [1.165, 1.54) is 25.7 Å². The van der Waals surface area contributed by atoms with E-state index in [0.717, 1.165) is 39.3 Å². The van der Waals surface area contributed by atoms with E-state index < -0.39 is 0 Å². The Morgan fingerprint density at radius 2 is 1.14 bits per heavy atom. The molecule has 0 atom stereocenters. The van der Waals surface area contributed by atoms with Gasteiger partial charge in [-0.1, -0.05) is 0 Å². The Hall–Kier alpha value is 0.639. The number of piperazine rings is 1. The quantitative estimate of drug-likeness (QED) is 0.428. The van der Waals surface area contributed by atoms with Crippen LogP contribution in [0.3, 0.4) is 0 Å². The van der Waals surface area contributed by atoms with Crippen molar-refractivity contribution >= 4 is 21.1 Å². The molecule has 0 aromatic rings. The summed E-state index contributed by atoms with van der Waals surface area (Å²) in [6.45, 7) is 10.7. The first-order valence-electron chi connectivity index (χ1n) is 8.65. The maximum atomic E-state index is 8.69. The number of hydrogen-bond donors (Lipinski definition) is 2. The van der Waals surface area contributed by atoms with Gasteiger partial charge in [-0.05, 0) is 0 Å². The van der Waals surface area contributed by atoms with Crippen molar-refractivity contribution in [1.82, 2.24) is 9.80 Å². The fourth-order valence-electron chi connectivity index (χ4n) is 2.25. The third-order valence-electron chi connectivity index (χ3n) is 3.71. The van der Waals surface area contributed by atoms with Gasteiger partial charge in [-0.15, -0.1) is 0 Å². The molecule has 1 aliphatic heterocycles. The molecule has 1 fully saturated rings. The van der Waals surface area contributed by atoms with E-state index in [1.807, 2.05) is 0 Å². The summed E-state index contributed by atoms with van der Waals surface area (Å²) >= 11 is 0.149. The number of hydrogen-bond acceptors (Lipinski definition) is 4. The van der Waals surface area contributed by atoms with Gasteiger partial charge in [0.25, 0.3) is 0 Å². The van der Waals surface area contributed by atoms with Crippen LogP contribution in [-0.4, -0.2) is 93.6 Å². The summed E-state index contributed by atoms with van der Waals surface area (Å²) in [5.74, 6) is 0. The van der Waals surface area contributed by atoms with Gasteiger partial charge in [-0.2, -0.15) is 0 Å². The summed E-state index contributed by atoms with van der Waals surface area (Å²) in [5.41, 5.74) is 0. The van der Waals surface area contributed by atoms with Crippen LogP contribution in [-0.2, 0) is 0 Å². The fourth-order valence-corrected chi connectivity index (χ4v) is 6.41. The molecule has 0 unspecified atom stereocenters. The number of β-amino-alcohol motifs (C(OH)–C–C–N with tert-alkyl or cyclic N) is 2. The molecule has 2 radical (unpaired) electrons. The normalized spacial score (nSPS) is 16.6. The minimum absolute atomic E-state index is 0.149. The number of rotatable bonds is 10. The smallest absolute Gasteiger partial charge is 0.0558 e. The number of nitrogens with zero attached hydrogens (tertiary/aromatic N) is 2. The average molecular weight is 407 g/mol. The molecule has 1 aliphatic rings. The van der Waals surface area contributed by atoms with Gasteiger partial charge >= 0.3 is 69.5 Å². The first-order valence-corrected chi connectivity index (χ1v) is 12.7. The molecule has 1 rings (SSSR count). The van der Waals surface area contributed by atoms with E-state index in [0.29, 0.717) is 0 Å². The molecule has 1 saturated heterocycles. The van der Waals surface area contributed by atoms with Gasteiger partial charge in [0, 0.05) is 39.3 Å². The van der Waals surface area contributed by atoms with E-state index >= 15 is 0 Å². The second kappa shape index (κ2) is 17.0. The fraction of sp³-hybridized carbons (Fsp3) is 1.00. The molecule has 0 spiro atoms. The molecule has 21 heavy (non-hydrogen) atoms. The first-order chi connectivity index (χ1) is 10.3. The zero-order valence-electron chi connectivity index (χ0n) is 14.2. The molecule has 4 nitrogen and oxygen atoms in total. The van der Waals surface area contributed by atoms with Crippen molar-refractivity contribution < 1.29 is 10.2 Å². The second-order valence-electron chi connectivity index (χ2n) is 5.59. The Morgan fingerprint density at radius 1 is 0.762 bits per heavy atom. The van der Waals surface area contributed by atoms with E-state index in [1.54, 1.807) is 8.87 Å². The molecule has 0 bridgehead atoms. The summed E-state index contributed by atoms with van der Waals surface area (Å²) in [4.78, 5) is 4.49. The SMILES string of the molecule is CCC[CH2][Sn][CH2]CCC.OCCN1CCN(CCO)CC1. The monoisotopic (exact) mass is 408 g/mol. The van der Waals surface area contributed by atoms with Gasteiger partial charge in [0.15, 0.2) is 0 Å². The molecule has 1 heterocycles. The van der Waals surface area contributed by atoms with Crippen LogP contribution in [0, 0.1) is 0 Å². The average Bonchev–Trinajstić information content (AvgIpc) is 2.50. The predicted molar refractivity (Wildman–Crippen MR) is 92.2 cm³/mol. The van der Waals surface area contributed by atoms with Crippen LogP contribution in [0.1, 0.15) is 39.5 Å². The van der Waals surface area contributed by atoms with Crippen LogP contribution in [0.15, 0.2) is 0 Å². The predicted octanol–water partition coefficient (Wildman–Crippen LogP) is 1.72. The van der Waals surface area contributed by atoms with Crippen molar-refractivity contribution in [2.45, 2.75) is 48.4 Å². The molecule has 126 valence electrons. The first kappa shape index (κ1) is 21.6. The van der Waals surface area contributed by atoms with Crippen LogP contribution in [0.5, 0.6) is 0 Å². The molecular formula is C16H36N2O2Sn. The van der Waals surface area contributed by atoms with E-state index in [2.05, 4.69) is 23.6 Å². The number of unbranched alkanes of at least 4 members (excludes halogenated alkanes) is 2. The van der Waals surface area contributed by atoms with Crippen molar-refractivity contribution in [3.8, 4) is 0 Å². The molecular weight excluding hydrogens is 371 g/mol. The Morgan fingerprint density at radius 3 is 1.43 bits per heavy atom. The van der Waals surface area contributed by atoms with E-state index in [4.69, 9.17) is 10.2 Å². The number of aliphatic hydroxyl groups is 2. The minimum Gasteiger partial charge on any atom is -0.395 e. The van der Waals surface area contributed by atoms with Gasteiger partial charge in [0.2, 0.25) is 0 Å². The molecule has 0 amide bonds. The summed E-state index contributed by atoms with van der Waals surface area (Å²) in [6, 6.07) is 0.